The number of esters is 1. The van der Waals surface area contributed by atoms with Gasteiger partial charge >= 0.3 is 5.97 Å². The van der Waals surface area contributed by atoms with Gasteiger partial charge in [-0.15, -0.1) is 0 Å². The molecule has 11 heavy (non-hydrogen) atoms. The number of aliphatic hydroxyl groups is 2. The van der Waals surface area contributed by atoms with Gasteiger partial charge in [0.15, 0.2) is 0 Å². The van der Waals surface area contributed by atoms with Crippen molar-refractivity contribution in [2.24, 2.45) is 0 Å². The Hall–Kier alpha value is -0.650. The van der Waals surface area contributed by atoms with Gasteiger partial charge in [0.1, 0.15) is 6.61 Å². The Balaban J connectivity index is 3.09. The maximum atomic E-state index is 10.6. The Morgan fingerprint density at radius 2 is 2.09 bits per heavy atom. The number of aliphatic hydroxyl groups excluding tert-OH is 2. The second-order valence-corrected chi connectivity index (χ2v) is 1.84. The molecule has 66 valence electrons. The van der Waals surface area contributed by atoms with E-state index in [0.717, 1.165) is 0 Å². The molecule has 0 saturated heterocycles. The third-order valence-electron chi connectivity index (χ3n) is 0.912. The van der Waals surface area contributed by atoms with Gasteiger partial charge < -0.3 is 20.3 Å². The maximum absolute atomic E-state index is 10.6. The summed E-state index contributed by atoms with van der Waals surface area (Å²) in [6.07, 6.45) is 0. The number of hydrogen-bond donors (Lipinski definition) is 3. The van der Waals surface area contributed by atoms with Crippen LogP contribution >= 0.6 is 0 Å². The lowest BCUT2D eigenvalue weighted by Gasteiger charge is -2.02. The monoisotopic (exact) mass is 163 g/mol. The minimum Gasteiger partial charge on any atom is -0.462 e. The van der Waals surface area contributed by atoms with E-state index in [1.165, 1.54) is 0 Å². The van der Waals surface area contributed by atoms with Crippen LogP contribution in [0.4, 0.5) is 0 Å². The lowest BCUT2D eigenvalue weighted by atomic mass is 10.6. The summed E-state index contributed by atoms with van der Waals surface area (Å²) < 4.78 is 4.50. The summed E-state index contributed by atoms with van der Waals surface area (Å²) >= 11 is 0. The van der Waals surface area contributed by atoms with Crippen LogP contribution in [0.25, 0.3) is 0 Å². The predicted molar refractivity (Wildman–Crippen MR) is 38.0 cm³/mol. The number of carbonyl (C=O) groups excluding carboxylic acids is 1. The quantitative estimate of drug-likeness (QED) is 0.315. The van der Waals surface area contributed by atoms with Crippen LogP contribution in [0.2, 0.25) is 0 Å². The summed E-state index contributed by atoms with van der Waals surface area (Å²) in [5.74, 6) is -0.424. The predicted octanol–water partition coefficient (Wildman–Crippen LogP) is -1.90. The van der Waals surface area contributed by atoms with E-state index >= 15 is 0 Å². The van der Waals surface area contributed by atoms with Crippen LogP contribution in [0, 0.1) is 0 Å². The van der Waals surface area contributed by atoms with Crippen molar-refractivity contribution in [3.8, 4) is 0 Å². The van der Waals surface area contributed by atoms with E-state index in [2.05, 4.69) is 10.1 Å². The fraction of sp³-hybridized carbons (Fsp3) is 0.833. The second-order valence-electron chi connectivity index (χ2n) is 1.84. The summed E-state index contributed by atoms with van der Waals surface area (Å²) in [6.45, 7) is 0.299. The summed E-state index contributed by atoms with van der Waals surface area (Å²) in [5.41, 5.74) is 0. The molecule has 0 amide bonds. The minimum absolute atomic E-state index is 0.00667. The van der Waals surface area contributed by atoms with Crippen LogP contribution in [0.15, 0.2) is 0 Å². The highest BCUT2D eigenvalue weighted by Gasteiger charge is 1.99. The van der Waals surface area contributed by atoms with Crippen LogP contribution in [0.1, 0.15) is 0 Å². The molecule has 0 unspecified atom stereocenters. The lowest BCUT2D eigenvalue weighted by molar-refractivity contribution is -0.143. The molecule has 0 aliphatic carbocycles. The molecular weight excluding hydrogens is 150 g/mol. The van der Waals surface area contributed by atoms with Crippen molar-refractivity contribution in [1.82, 2.24) is 5.32 Å². The first-order valence-corrected chi connectivity index (χ1v) is 3.39. The third kappa shape index (κ3) is 7.24. The van der Waals surface area contributed by atoms with Gasteiger partial charge in [0.05, 0.1) is 19.8 Å². The van der Waals surface area contributed by atoms with E-state index in [-0.39, 0.29) is 26.4 Å². The van der Waals surface area contributed by atoms with E-state index in [0.29, 0.717) is 6.54 Å². The van der Waals surface area contributed by atoms with E-state index in [1.807, 2.05) is 0 Å². The maximum Gasteiger partial charge on any atom is 0.320 e. The lowest BCUT2D eigenvalue weighted by Crippen LogP contribution is -2.27. The molecule has 0 rings (SSSR count). The molecule has 0 aliphatic rings. The number of rotatable bonds is 6. The molecule has 0 atom stereocenters. The Kier molecular flexibility index (Phi) is 7.02. The molecule has 0 radical (unpaired) electrons. The van der Waals surface area contributed by atoms with Crippen molar-refractivity contribution >= 4 is 5.97 Å². The second kappa shape index (κ2) is 7.46. The Morgan fingerprint density at radius 1 is 1.36 bits per heavy atom. The van der Waals surface area contributed by atoms with Crippen molar-refractivity contribution in [3.05, 3.63) is 0 Å². The van der Waals surface area contributed by atoms with E-state index in [4.69, 9.17) is 10.2 Å². The number of carbonyl (C=O) groups is 1. The van der Waals surface area contributed by atoms with Gasteiger partial charge in [0, 0.05) is 6.54 Å². The van der Waals surface area contributed by atoms with Gasteiger partial charge in [-0.25, -0.2) is 0 Å². The molecule has 0 fully saturated rings. The molecule has 0 saturated carbocycles. The van der Waals surface area contributed by atoms with Gasteiger partial charge in [-0.3, -0.25) is 4.79 Å². The zero-order valence-electron chi connectivity index (χ0n) is 6.25. The first-order valence-electron chi connectivity index (χ1n) is 3.39. The Morgan fingerprint density at radius 3 is 2.64 bits per heavy atom. The Bertz CT molecular complexity index is 107. The van der Waals surface area contributed by atoms with Gasteiger partial charge in [-0.2, -0.15) is 0 Å². The molecule has 0 heterocycles. The van der Waals surface area contributed by atoms with Crippen molar-refractivity contribution in [1.29, 1.82) is 0 Å². The number of nitrogens with one attached hydrogen (secondary N) is 1. The summed E-state index contributed by atoms with van der Waals surface area (Å²) in [5, 5.41) is 19.2. The van der Waals surface area contributed by atoms with Crippen molar-refractivity contribution in [2.45, 2.75) is 0 Å². The zero-order chi connectivity index (χ0) is 8.53. The summed E-state index contributed by atoms with van der Waals surface area (Å²) in [4.78, 5) is 10.6. The van der Waals surface area contributed by atoms with E-state index in [1.54, 1.807) is 0 Å². The molecule has 0 aromatic rings. The highest BCUT2D eigenvalue weighted by molar-refractivity contribution is 5.71. The smallest absolute Gasteiger partial charge is 0.320 e. The standard InChI is InChI=1S/C6H13NO4/c8-2-1-7-5-6(10)11-4-3-9/h7-9H,1-5H2. The highest BCUT2D eigenvalue weighted by Crippen LogP contribution is 1.74. The zero-order valence-corrected chi connectivity index (χ0v) is 6.25. The van der Waals surface area contributed by atoms with Crippen LogP contribution in [0.5, 0.6) is 0 Å². The van der Waals surface area contributed by atoms with Crippen molar-refractivity contribution in [2.75, 3.05) is 32.9 Å². The van der Waals surface area contributed by atoms with Crippen molar-refractivity contribution < 1.29 is 19.7 Å². The first-order chi connectivity index (χ1) is 5.31. The fourth-order valence-electron chi connectivity index (χ4n) is 0.480. The van der Waals surface area contributed by atoms with Gasteiger partial charge in [-0.05, 0) is 0 Å². The first kappa shape index (κ1) is 10.3. The summed E-state index contributed by atoms with van der Waals surface area (Å²) in [6, 6.07) is 0. The van der Waals surface area contributed by atoms with Crippen molar-refractivity contribution in [3.63, 3.8) is 0 Å². The number of hydrogen-bond acceptors (Lipinski definition) is 5. The van der Waals surface area contributed by atoms with Gasteiger partial charge in [0.25, 0.3) is 0 Å². The third-order valence-corrected chi connectivity index (χ3v) is 0.912. The SMILES string of the molecule is O=C(CNCCO)OCCO. The van der Waals surface area contributed by atoms with Crippen LogP contribution < -0.4 is 5.32 Å². The average Bonchev–Trinajstić information content (AvgIpc) is 2.01. The molecule has 5 nitrogen and oxygen atoms in total. The van der Waals surface area contributed by atoms with Gasteiger partial charge in [0.2, 0.25) is 0 Å². The fourth-order valence-corrected chi connectivity index (χ4v) is 0.480. The largest absolute Gasteiger partial charge is 0.462 e. The molecule has 0 aromatic carbocycles. The van der Waals surface area contributed by atoms with Crippen LogP contribution in [-0.4, -0.2) is 49.1 Å². The molecule has 0 aromatic heterocycles. The molecular formula is C6H13NO4. The van der Waals surface area contributed by atoms with Crippen LogP contribution in [0.3, 0.4) is 0 Å². The molecule has 0 bridgehead atoms. The highest BCUT2D eigenvalue weighted by atomic mass is 16.5. The number of ether oxygens (including phenoxy) is 1. The van der Waals surface area contributed by atoms with E-state index in [9.17, 15) is 4.79 Å². The normalized spacial score (nSPS) is 9.64. The molecule has 5 heteroatoms. The molecule has 0 aliphatic heterocycles. The molecule has 3 N–H and O–H groups in total. The topological polar surface area (TPSA) is 78.8 Å². The van der Waals surface area contributed by atoms with E-state index < -0.39 is 5.97 Å². The molecule has 0 spiro atoms. The summed E-state index contributed by atoms with van der Waals surface area (Å²) in [7, 11) is 0. The Labute approximate surface area is 65.0 Å². The minimum atomic E-state index is -0.424. The van der Waals surface area contributed by atoms with Crippen LogP contribution in [-0.2, 0) is 9.53 Å². The average molecular weight is 163 g/mol. The van der Waals surface area contributed by atoms with Gasteiger partial charge in [-0.1, -0.05) is 0 Å².